The first-order chi connectivity index (χ1) is 17.3. The smallest absolute Gasteiger partial charge is 0.122 e. The van der Waals surface area contributed by atoms with Gasteiger partial charge in [-0.25, -0.2) is 8.78 Å². The SMILES string of the molecule is C#CC[C@@H](CCCC(=C)CC(C)C)CC[C@H]1CCCC[C@@H]1/C=C/CCC/C(C/C=C(\C)F)=C(\F)C=C. The molecule has 36 heavy (non-hydrogen) atoms. The molecule has 3 atom stereocenters. The van der Waals surface area contributed by atoms with Crippen molar-refractivity contribution in [3.63, 3.8) is 0 Å². The molecule has 1 saturated carbocycles. The minimum Gasteiger partial charge on any atom is -0.212 e. The van der Waals surface area contributed by atoms with Gasteiger partial charge in [0.1, 0.15) is 5.83 Å². The Morgan fingerprint density at radius 1 is 1.11 bits per heavy atom. The first-order valence-corrected chi connectivity index (χ1v) is 14.4. The lowest BCUT2D eigenvalue weighted by Gasteiger charge is -2.30. The maximum Gasteiger partial charge on any atom is 0.122 e. The van der Waals surface area contributed by atoms with Crippen molar-refractivity contribution in [3.8, 4) is 12.3 Å². The maximum absolute atomic E-state index is 14.0. The summed E-state index contributed by atoms with van der Waals surface area (Å²) in [6.45, 7) is 13.7. The molecule has 0 aromatic heterocycles. The van der Waals surface area contributed by atoms with Gasteiger partial charge >= 0.3 is 0 Å². The second-order valence-corrected chi connectivity index (χ2v) is 11.3. The van der Waals surface area contributed by atoms with Crippen LogP contribution in [0.1, 0.15) is 117 Å². The van der Waals surface area contributed by atoms with Crippen LogP contribution in [0.15, 0.2) is 60.3 Å². The number of hydrogen-bond donors (Lipinski definition) is 0. The van der Waals surface area contributed by atoms with Gasteiger partial charge < -0.3 is 0 Å². The van der Waals surface area contributed by atoms with Crippen LogP contribution in [0.25, 0.3) is 0 Å². The standard InChI is InChI=1S/C34H52F2/c1-7-15-30(17-14-16-28(5)26-27(3)4)23-25-32-20-13-12-19-31(32)18-10-9-11-21-33(34(36)8-2)24-22-29(6)35/h1,8,10,18,22,27,30-32H,2,5,9,11-17,19-21,23-26H2,3-4,6H3/b18-10+,29-22+,34-33+/t30-,31-,32+/m0/s1. The van der Waals surface area contributed by atoms with Gasteiger partial charge in [0.15, 0.2) is 0 Å². The Balaban J connectivity index is 2.52. The molecule has 0 N–H and O–H groups in total. The minimum atomic E-state index is -0.311. The first-order valence-electron chi connectivity index (χ1n) is 14.4. The molecule has 0 saturated heterocycles. The molecular weight excluding hydrogens is 446 g/mol. The molecule has 0 bridgehead atoms. The number of allylic oxidation sites excluding steroid dienone is 8. The third-order valence-electron chi connectivity index (χ3n) is 7.54. The van der Waals surface area contributed by atoms with Gasteiger partial charge in [-0.05, 0) is 125 Å². The summed E-state index contributed by atoms with van der Waals surface area (Å²) < 4.78 is 27.1. The molecule has 0 aromatic carbocycles. The molecule has 0 aromatic rings. The van der Waals surface area contributed by atoms with Crippen molar-refractivity contribution in [3.05, 3.63) is 60.3 Å². The lowest BCUT2D eigenvalue weighted by Crippen LogP contribution is -2.19. The molecule has 0 heterocycles. The monoisotopic (exact) mass is 498 g/mol. The minimum absolute atomic E-state index is 0.270. The normalized spacial score (nSPS) is 20.3. The molecule has 0 nitrogen and oxygen atoms in total. The van der Waals surface area contributed by atoms with E-state index in [2.05, 4.69) is 45.1 Å². The Kier molecular flexibility index (Phi) is 17.2. The summed E-state index contributed by atoms with van der Waals surface area (Å²) in [6, 6.07) is 0. The molecule has 0 radical (unpaired) electrons. The van der Waals surface area contributed by atoms with Gasteiger partial charge in [0.2, 0.25) is 0 Å². The van der Waals surface area contributed by atoms with Crippen molar-refractivity contribution in [2.75, 3.05) is 0 Å². The Labute approximate surface area is 222 Å². The summed E-state index contributed by atoms with van der Waals surface area (Å²) >= 11 is 0. The fraction of sp³-hybridized carbons (Fsp3) is 0.647. The highest BCUT2D eigenvalue weighted by Crippen LogP contribution is 2.36. The fourth-order valence-electron chi connectivity index (χ4n) is 5.56. The van der Waals surface area contributed by atoms with Crippen LogP contribution in [-0.2, 0) is 0 Å². The lowest BCUT2D eigenvalue weighted by molar-refractivity contribution is 0.245. The van der Waals surface area contributed by atoms with E-state index in [0.717, 1.165) is 38.0 Å². The van der Waals surface area contributed by atoms with Crippen molar-refractivity contribution in [2.45, 2.75) is 117 Å². The van der Waals surface area contributed by atoms with E-state index in [-0.39, 0.29) is 11.7 Å². The van der Waals surface area contributed by atoms with Crippen LogP contribution in [-0.4, -0.2) is 0 Å². The highest BCUT2D eigenvalue weighted by atomic mass is 19.1. The predicted octanol–water partition coefficient (Wildman–Crippen LogP) is 11.4. The van der Waals surface area contributed by atoms with E-state index in [1.54, 1.807) is 0 Å². The van der Waals surface area contributed by atoms with E-state index in [9.17, 15) is 8.78 Å². The van der Waals surface area contributed by atoms with Crippen molar-refractivity contribution in [2.24, 2.45) is 23.7 Å². The van der Waals surface area contributed by atoms with Gasteiger partial charge in [-0.1, -0.05) is 57.6 Å². The van der Waals surface area contributed by atoms with Gasteiger partial charge in [0, 0.05) is 6.42 Å². The Morgan fingerprint density at radius 2 is 1.86 bits per heavy atom. The van der Waals surface area contributed by atoms with Crippen molar-refractivity contribution >= 4 is 0 Å². The van der Waals surface area contributed by atoms with Crippen molar-refractivity contribution in [1.29, 1.82) is 0 Å². The summed E-state index contributed by atoms with van der Waals surface area (Å²) in [5.41, 5.74) is 2.02. The first kappa shape index (κ1) is 32.1. The number of rotatable bonds is 18. The van der Waals surface area contributed by atoms with Gasteiger partial charge in [-0.3, -0.25) is 0 Å². The topological polar surface area (TPSA) is 0 Å². The van der Waals surface area contributed by atoms with Crippen LogP contribution in [0.4, 0.5) is 8.78 Å². The highest BCUT2D eigenvalue weighted by molar-refractivity contribution is 5.20. The van der Waals surface area contributed by atoms with E-state index in [4.69, 9.17) is 6.42 Å². The lowest BCUT2D eigenvalue weighted by atomic mass is 9.75. The molecule has 202 valence electrons. The Bertz CT molecular complexity index is 769. The van der Waals surface area contributed by atoms with Crippen molar-refractivity contribution in [1.82, 2.24) is 0 Å². The molecular formula is C34H52F2. The molecule has 0 unspecified atom stereocenters. The maximum atomic E-state index is 14.0. The Hall–Kier alpha value is -1.88. The van der Waals surface area contributed by atoms with Crippen LogP contribution in [0, 0.1) is 36.0 Å². The van der Waals surface area contributed by atoms with E-state index in [1.165, 1.54) is 76.0 Å². The van der Waals surface area contributed by atoms with E-state index >= 15 is 0 Å². The Morgan fingerprint density at radius 3 is 2.53 bits per heavy atom. The van der Waals surface area contributed by atoms with Crippen LogP contribution < -0.4 is 0 Å². The summed E-state index contributed by atoms with van der Waals surface area (Å²) in [7, 11) is 0. The number of halogens is 2. The molecule has 1 fully saturated rings. The molecule has 1 aliphatic rings. The van der Waals surface area contributed by atoms with Gasteiger partial charge in [0.05, 0.1) is 5.83 Å². The summed E-state index contributed by atoms with van der Waals surface area (Å²) in [5.74, 6) is 5.05. The number of terminal acetylenes is 1. The second-order valence-electron chi connectivity index (χ2n) is 11.3. The molecule has 0 aliphatic heterocycles. The number of hydrogen-bond acceptors (Lipinski definition) is 0. The van der Waals surface area contributed by atoms with Crippen LogP contribution in [0.3, 0.4) is 0 Å². The second kappa shape index (κ2) is 19.3. The summed E-state index contributed by atoms with van der Waals surface area (Å²) in [4.78, 5) is 0. The zero-order valence-corrected chi connectivity index (χ0v) is 23.5. The third kappa shape index (κ3) is 14.6. The quantitative estimate of drug-likeness (QED) is 0.0762. The molecule has 2 heteroatoms. The van der Waals surface area contributed by atoms with Crippen LogP contribution >= 0.6 is 0 Å². The molecule has 0 amide bonds. The fourth-order valence-corrected chi connectivity index (χ4v) is 5.56. The van der Waals surface area contributed by atoms with Gasteiger partial charge in [-0.2, -0.15) is 0 Å². The van der Waals surface area contributed by atoms with Gasteiger partial charge in [0.25, 0.3) is 0 Å². The molecule has 1 aliphatic carbocycles. The zero-order valence-electron chi connectivity index (χ0n) is 23.5. The molecule has 1 rings (SSSR count). The van der Waals surface area contributed by atoms with Crippen LogP contribution in [0.2, 0.25) is 0 Å². The average molecular weight is 499 g/mol. The van der Waals surface area contributed by atoms with E-state index in [0.29, 0.717) is 36.2 Å². The average Bonchev–Trinajstić information content (AvgIpc) is 2.83. The predicted molar refractivity (Wildman–Crippen MR) is 155 cm³/mol. The van der Waals surface area contributed by atoms with Gasteiger partial charge in [-0.15, -0.1) is 12.3 Å². The van der Waals surface area contributed by atoms with Crippen LogP contribution in [0.5, 0.6) is 0 Å². The largest absolute Gasteiger partial charge is 0.212 e. The van der Waals surface area contributed by atoms with E-state index < -0.39 is 0 Å². The molecule has 0 spiro atoms. The highest BCUT2D eigenvalue weighted by Gasteiger charge is 2.23. The van der Waals surface area contributed by atoms with E-state index in [1.807, 2.05) is 0 Å². The summed E-state index contributed by atoms with van der Waals surface area (Å²) in [6.07, 6.45) is 29.1. The summed E-state index contributed by atoms with van der Waals surface area (Å²) in [5, 5.41) is 0. The number of unbranched alkanes of at least 4 members (excludes halogenated alkanes) is 1. The third-order valence-corrected chi connectivity index (χ3v) is 7.54. The zero-order chi connectivity index (χ0) is 26.8. The van der Waals surface area contributed by atoms with Crippen molar-refractivity contribution < 1.29 is 8.78 Å².